The molecule has 0 saturated heterocycles. The molecule has 1 aromatic rings. The second kappa shape index (κ2) is 4.99. The van der Waals surface area contributed by atoms with Crippen LogP contribution in [0.15, 0.2) is 24.3 Å². The first kappa shape index (κ1) is 13.5. The lowest BCUT2D eigenvalue weighted by Gasteiger charge is -2.19. The minimum absolute atomic E-state index is 0.106. The molecule has 0 aromatic heterocycles. The largest absolute Gasteiger partial charge is 0.481 e. The van der Waals surface area contributed by atoms with Gasteiger partial charge in [-0.05, 0) is 37.5 Å². The molecule has 1 unspecified atom stereocenters. The third-order valence-corrected chi connectivity index (χ3v) is 3.44. The van der Waals surface area contributed by atoms with Crippen molar-refractivity contribution in [3.63, 3.8) is 0 Å². The van der Waals surface area contributed by atoms with Gasteiger partial charge in [0.15, 0.2) is 0 Å². The van der Waals surface area contributed by atoms with Crippen LogP contribution in [0.25, 0.3) is 0 Å². The molecule has 0 radical (unpaired) electrons. The third kappa shape index (κ3) is 2.92. The zero-order valence-electron chi connectivity index (χ0n) is 10.6. The number of carboxylic acids is 1. The number of benzene rings is 1. The molecule has 19 heavy (non-hydrogen) atoms. The normalized spacial score (nSPS) is 17.6. The molecule has 5 heteroatoms. The maximum atomic E-state index is 12.9. The SMILES string of the molecule is CC(CC(=O)O)NC(=O)C1(c2ccc(F)cc2)CC1. The van der Waals surface area contributed by atoms with Crippen molar-refractivity contribution in [3.8, 4) is 0 Å². The Morgan fingerprint density at radius 2 is 1.95 bits per heavy atom. The van der Waals surface area contributed by atoms with Crippen LogP contribution in [-0.4, -0.2) is 23.0 Å². The van der Waals surface area contributed by atoms with Crippen LogP contribution in [0.5, 0.6) is 0 Å². The Balaban J connectivity index is 2.06. The van der Waals surface area contributed by atoms with Crippen molar-refractivity contribution in [1.29, 1.82) is 0 Å². The summed E-state index contributed by atoms with van der Waals surface area (Å²) in [5.74, 6) is -1.45. The Morgan fingerprint density at radius 1 is 1.37 bits per heavy atom. The molecule has 102 valence electrons. The van der Waals surface area contributed by atoms with E-state index >= 15 is 0 Å². The van der Waals surface area contributed by atoms with Crippen LogP contribution < -0.4 is 5.32 Å². The molecule has 1 fully saturated rings. The number of carbonyl (C=O) groups is 2. The summed E-state index contributed by atoms with van der Waals surface area (Å²) < 4.78 is 12.9. The second-order valence-electron chi connectivity index (χ2n) is 5.06. The average Bonchev–Trinajstić information content (AvgIpc) is 3.09. The van der Waals surface area contributed by atoms with Crippen molar-refractivity contribution in [2.75, 3.05) is 0 Å². The highest BCUT2D eigenvalue weighted by Gasteiger charge is 2.51. The van der Waals surface area contributed by atoms with Gasteiger partial charge in [0.1, 0.15) is 5.82 Å². The zero-order valence-corrected chi connectivity index (χ0v) is 10.6. The zero-order chi connectivity index (χ0) is 14.0. The number of hydrogen-bond acceptors (Lipinski definition) is 2. The molecule has 1 amide bonds. The maximum absolute atomic E-state index is 12.9. The van der Waals surface area contributed by atoms with Gasteiger partial charge < -0.3 is 10.4 Å². The van der Waals surface area contributed by atoms with Crippen molar-refractivity contribution in [2.45, 2.75) is 37.6 Å². The highest BCUT2D eigenvalue weighted by Crippen LogP contribution is 2.48. The number of amides is 1. The molecule has 1 aliphatic rings. The van der Waals surface area contributed by atoms with E-state index in [4.69, 9.17) is 5.11 Å². The van der Waals surface area contributed by atoms with E-state index in [-0.39, 0.29) is 18.1 Å². The molecule has 1 aliphatic carbocycles. The molecular formula is C14H16FNO3. The number of rotatable bonds is 5. The lowest BCUT2D eigenvalue weighted by atomic mass is 9.94. The van der Waals surface area contributed by atoms with E-state index in [1.54, 1.807) is 19.1 Å². The summed E-state index contributed by atoms with van der Waals surface area (Å²) in [6.45, 7) is 1.66. The van der Waals surface area contributed by atoms with Gasteiger partial charge >= 0.3 is 5.97 Å². The van der Waals surface area contributed by atoms with Crippen LogP contribution in [0, 0.1) is 5.82 Å². The molecule has 0 heterocycles. The summed E-state index contributed by atoms with van der Waals surface area (Å²) in [6, 6.07) is 5.49. The van der Waals surface area contributed by atoms with Crippen LogP contribution in [0.1, 0.15) is 31.7 Å². The molecule has 0 aliphatic heterocycles. The number of hydrogen-bond donors (Lipinski definition) is 2. The quantitative estimate of drug-likeness (QED) is 0.853. The Morgan fingerprint density at radius 3 is 2.42 bits per heavy atom. The smallest absolute Gasteiger partial charge is 0.305 e. The molecule has 0 bridgehead atoms. The van der Waals surface area contributed by atoms with E-state index in [2.05, 4.69) is 5.32 Å². The first-order valence-corrected chi connectivity index (χ1v) is 6.23. The molecule has 2 rings (SSSR count). The van der Waals surface area contributed by atoms with Gasteiger partial charge in [0.25, 0.3) is 0 Å². The molecule has 2 N–H and O–H groups in total. The van der Waals surface area contributed by atoms with Crippen molar-refractivity contribution in [1.82, 2.24) is 5.32 Å². The predicted octanol–water partition coefficient (Wildman–Crippen LogP) is 1.84. The first-order valence-electron chi connectivity index (χ1n) is 6.23. The van der Waals surface area contributed by atoms with Crippen LogP contribution in [0.2, 0.25) is 0 Å². The summed E-state index contributed by atoms with van der Waals surface area (Å²) in [6.07, 6.45) is 1.32. The lowest BCUT2D eigenvalue weighted by molar-refractivity contribution is -0.137. The monoisotopic (exact) mass is 265 g/mol. The second-order valence-corrected chi connectivity index (χ2v) is 5.06. The summed E-state index contributed by atoms with van der Waals surface area (Å²) >= 11 is 0. The van der Waals surface area contributed by atoms with Crippen LogP contribution >= 0.6 is 0 Å². The van der Waals surface area contributed by atoms with E-state index in [0.29, 0.717) is 12.8 Å². The van der Waals surface area contributed by atoms with Crippen LogP contribution in [0.4, 0.5) is 4.39 Å². The van der Waals surface area contributed by atoms with Gasteiger partial charge in [0, 0.05) is 6.04 Å². The van der Waals surface area contributed by atoms with Gasteiger partial charge in [-0.15, -0.1) is 0 Å². The summed E-state index contributed by atoms with van der Waals surface area (Å²) in [5.41, 5.74) is 0.189. The number of halogens is 1. The van der Waals surface area contributed by atoms with Gasteiger partial charge in [-0.3, -0.25) is 9.59 Å². The Kier molecular flexibility index (Phi) is 3.55. The minimum atomic E-state index is -0.945. The molecule has 1 atom stereocenters. The first-order chi connectivity index (χ1) is 8.94. The third-order valence-electron chi connectivity index (χ3n) is 3.44. The fraction of sp³-hybridized carbons (Fsp3) is 0.429. The number of carboxylic acid groups (broad SMARTS) is 1. The summed E-state index contributed by atoms with van der Waals surface area (Å²) in [7, 11) is 0. The summed E-state index contributed by atoms with van der Waals surface area (Å²) in [4.78, 5) is 22.8. The van der Waals surface area contributed by atoms with Gasteiger partial charge in [0.05, 0.1) is 11.8 Å². The Hall–Kier alpha value is -1.91. The van der Waals surface area contributed by atoms with Crippen molar-refractivity contribution in [2.24, 2.45) is 0 Å². The average molecular weight is 265 g/mol. The fourth-order valence-electron chi connectivity index (χ4n) is 2.22. The van der Waals surface area contributed by atoms with Crippen molar-refractivity contribution in [3.05, 3.63) is 35.6 Å². The van der Waals surface area contributed by atoms with E-state index in [0.717, 1.165) is 5.56 Å². The standard InChI is InChI=1S/C14H16FNO3/c1-9(8-12(17)18)16-13(19)14(6-7-14)10-2-4-11(15)5-3-10/h2-5,9H,6-8H2,1H3,(H,16,19)(H,17,18). The Bertz CT molecular complexity index is 494. The van der Waals surface area contributed by atoms with Gasteiger partial charge in [0.2, 0.25) is 5.91 Å². The number of nitrogens with one attached hydrogen (secondary N) is 1. The topological polar surface area (TPSA) is 66.4 Å². The van der Waals surface area contributed by atoms with Gasteiger partial charge in [-0.1, -0.05) is 12.1 Å². The lowest BCUT2D eigenvalue weighted by Crippen LogP contribution is -2.41. The van der Waals surface area contributed by atoms with E-state index in [1.165, 1.54) is 12.1 Å². The van der Waals surface area contributed by atoms with Crippen LogP contribution in [0.3, 0.4) is 0 Å². The summed E-state index contributed by atoms with van der Waals surface area (Å²) in [5, 5.41) is 11.4. The van der Waals surface area contributed by atoms with Gasteiger partial charge in [-0.25, -0.2) is 4.39 Å². The van der Waals surface area contributed by atoms with E-state index < -0.39 is 17.4 Å². The molecular weight excluding hydrogens is 249 g/mol. The van der Waals surface area contributed by atoms with E-state index in [1.807, 2.05) is 0 Å². The molecule has 0 spiro atoms. The predicted molar refractivity (Wildman–Crippen MR) is 67.2 cm³/mol. The highest BCUT2D eigenvalue weighted by molar-refractivity contribution is 5.91. The minimum Gasteiger partial charge on any atom is -0.481 e. The van der Waals surface area contributed by atoms with Crippen molar-refractivity contribution >= 4 is 11.9 Å². The molecule has 1 saturated carbocycles. The number of carbonyl (C=O) groups excluding carboxylic acids is 1. The van der Waals surface area contributed by atoms with E-state index in [9.17, 15) is 14.0 Å². The fourth-order valence-corrected chi connectivity index (χ4v) is 2.22. The van der Waals surface area contributed by atoms with Crippen LogP contribution in [-0.2, 0) is 15.0 Å². The van der Waals surface area contributed by atoms with Crippen molar-refractivity contribution < 1.29 is 19.1 Å². The molecule has 1 aromatic carbocycles. The highest BCUT2D eigenvalue weighted by atomic mass is 19.1. The van der Waals surface area contributed by atoms with Gasteiger partial charge in [-0.2, -0.15) is 0 Å². The number of aliphatic carboxylic acids is 1. The maximum Gasteiger partial charge on any atom is 0.305 e. The Labute approximate surface area is 110 Å². The molecule has 4 nitrogen and oxygen atoms in total.